The highest BCUT2D eigenvalue weighted by atomic mass is 79.9. The van der Waals surface area contributed by atoms with Gasteiger partial charge in [0.15, 0.2) is 0 Å². The summed E-state index contributed by atoms with van der Waals surface area (Å²) in [5, 5.41) is 2.98. The van der Waals surface area contributed by atoms with Crippen LogP contribution in [0.1, 0.15) is 18.4 Å². The Hall–Kier alpha value is -2.05. The number of carbonyl (C=O) groups is 1. The zero-order valence-corrected chi connectivity index (χ0v) is 16.6. The van der Waals surface area contributed by atoms with Crippen LogP contribution in [0.4, 0.5) is 5.69 Å². The fourth-order valence-electron chi connectivity index (χ4n) is 2.91. The van der Waals surface area contributed by atoms with Gasteiger partial charge in [-0.05, 0) is 59.1 Å². The fourth-order valence-corrected chi connectivity index (χ4v) is 3.30. The Labute approximate surface area is 162 Å². The Morgan fingerprint density at radius 3 is 2.62 bits per heavy atom. The molecule has 0 aliphatic heterocycles. The summed E-state index contributed by atoms with van der Waals surface area (Å²) in [7, 11) is 3.31. The summed E-state index contributed by atoms with van der Waals surface area (Å²) in [6.07, 6.45) is 2.24. The van der Waals surface area contributed by atoms with Gasteiger partial charge >= 0.3 is 0 Å². The largest absolute Gasteiger partial charge is 0.497 e. The molecule has 1 aliphatic rings. The predicted molar refractivity (Wildman–Crippen MR) is 106 cm³/mol. The zero-order valence-electron chi connectivity index (χ0n) is 15.0. The highest BCUT2D eigenvalue weighted by Crippen LogP contribution is 2.32. The molecular weight excluding hydrogens is 396 g/mol. The summed E-state index contributed by atoms with van der Waals surface area (Å²) >= 11 is 3.46. The van der Waals surface area contributed by atoms with Crippen molar-refractivity contribution < 1.29 is 14.3 Å². The number of amides is 1. The molecule has 5 nitrogen and oxygen atoms in total. The predicted octanol–water partition coefficient (Wildman–Crippen LogP) is 4.07. The molecule has 1 N–H and O–H groups in total. The molecule has 6 heteroatoms. The van der Waals surface area contributed by atoms with Gasteiger partial charge in [-0.25, -0.2) is 0 Å². The molecular formula is C20H23BrN2O3. The molecule has 3 rings (SSSR count). The molecule has 138 valence electrons. The maximum absolute atomic E-state index is 12.5. The number of nitrogens with one attached hydrogen (secondary N) is 1. The molecule has 1 saturated carbocycles. The van der Waals surface area contributed by atoms with Gasteiger partial charge in [0, 0.05) is 22.6 Å². The van der Waals surface area contributed by atoms with E-state index in [0.717, 1.165) is 40.1 Å². The lowest BCUT2D eigenvalue weighted by molar-refractivity contribution is -0.117. The monoisotopic (exact) mass is 418 g/mol. The van der Waals surface area contributed by atoms with Crippen molar-refractivity contribution in [3.05, 3.63) is 52.5 Å². The molecule has 0 aromatic heterocycles. The van der Waals surface area contributed by atoms with Gasteiger partial charge in [0.2, 0.25) is 5.91 Å². The number of methoxy groups -OCH3 is 2. The summed E-state index contributed by atoms with van der Waals surface area (Å²) in [5.41, 5.74) is 1.81. The van der Waals surface area contributed by atoms with E-state index in [1.54, 1.807) is 14.2 Å². The highest BCUT2D eigenvalue weighted by molar-refractivity contribution is 9.10. The number of anilines is 1. The minimum atomic E-state index is -0.0225. The van der Waals surface area contributed by atoms with Crippen LogP contribution >= 0.6 is 15.9 Å². The van der Waals surface area contributed by atoms with E-state index in [1.807, 2.05) is 42.5 Å². The van der Waals surface area contributed by atoms with E-state index in [9.17, 15) is 4.79 Å². The summed E-state index contributed by atoms with van der Waals surface area (Å²) < 4.78 is 11.7. The molecule has 0 heterocycles. The van der Waals surface area contributed by atoms with Gasteiger partial charge in [-0.1, -0.05) is 12.1 Å². The van der Waals surface area contributed by atoms with Crippen molar-refractivity contribution >= 4 is 27.5 Å². The lowest BCUT2D eigenvalue weighted by atomic mass is 10.1. The van der Waals surface area contributed by atoms with Crippen LogP contribution in [0.25, 0.3) is 0 Å². The second-order valence-electron chi connectivity index (χ2n) is 6.34. The van der Waals surface area contributed by atoms with E-state index < -0.39 is 0 Å². The number of ether oxygens (including phenoxy) is 2. The molecule has 0 unspecified atom stereocenters. The number of hydrogen-bond acceptors (Lipinski definition) is 4. The van der Waals surface area contributed by atoms with Crippen molar-refractivity contribution in [2.24, 2.45) is 0 Å². The summed E-state index contributed by atoms with van der Waals surface area (Å²) in [6.45, 7) is 0.987. The molecule has 2 aromatic carbocycles. The maximum atomic E-state index is 12.5. The van der Waals surface area contributed by atoms with E-state index in [0.29, 0.717) is 19.1 Å². The fraction of sp³-hybridized carbons (Fsp3) is 0.350. The number of nitrogens with zero attached hydrogens (tertiary/aromatic N) is 1. The number of halogens is 1. The average Bonchev–Trinajstić information content (AvgIpc) is 3.48. The first-order valence-electron chi connectivity index (χ1n) is 8.60. The topological polar surface area (TPSA) is 50.8 Å². The number of rotatable bonds is 8. The van der Waals surface area contributed by atoms with Crippen molar-refractivity contribution in [1.82, 2.24) is 4.90 Å². The number of hydrogen-bond donors (Lipinski definition) is 1. The third kappa shape index (κ3) is 4.77. The normalized spacial score (nSPS) is 13.5. The number of benzene rings is 2. The second-order valence-corrected chi connectivity index (χ2v) is 7.20. The Bertz CT molecular complexity index is 777. The van der Waals surface area contributed by atoms with E-state index in [4.69, 9.17) is 9.47 Å². The molecule has 1 fully saturated rings. The van der Waals surface area contributed by atoms with E-state index in [1.165, 1.54) is 0 Å². The first-order valence-corrected chi connectivity index (χ1v) is 9.39. The first-order chi connectivity index (χ1) is 12.6. The highest BCUT2D eigenvalue weighted by Gasteiger charge is 2.31. The smallest absolute Gasteiger partial charge is 0.238 e. The van der Waals surface area contributed by atoms with E-state index in [2.05, 4.69) is 26.1 Å². The Kier molecular flexibility index (Phi) is 6.16. The Morgan fingerprint density at radius 1 is 1.19 bits per heavy atom. The molecule has 1 aliphatic carbocycles. The van der Waals surface area contributed by atoms with Crippen LogP contribution in [0, 0.1) is 0 Å². The van der Waals surface area contributed by atoms with Crippen LogP contribution in [-0.2, 0) is 11.3 Å². The third-order valence-electron chi connectivity index (χ3n) is 4.42. The zero-order chi connectivity index (χ0) is 18.5. The quantitative estimate of drug-likeness (QED) is 0.701. The molecule has 0 spiro atoms. The summed E-state index contributed by atoms with van der Waals surface area (Å²) in [4.78, 5) is 14.7. The molecule has 0 saturated heterocycles. The van der Waals surface area contributed by atoms with Crippen LogP contribution in [0.2, 0.25) is 0 Å². The summed E-state index contributed by atoms with van der Waals surface area (Å²) in [5.74, 6) is 1.57. The Balaban J connectivity index is 1.70. The lowest BCUT2D eigenvalue weighted by Gasteiger charge is -2.23. The van der Waals surface area contributed by atoms with Crippen LogP contribution in [-0.4, -0.2) is 37.6 Å². The van der Waals surface area contributed by atoms with Crippen LogP contribution in [0.15, 0.2) is 46.9 Å². The molecule has 0 radical (unpaired) electrons. The van der Waals surface area contributed by atoms with Gasteiger partial charge in [-0.2, -0.15) is 0 Å². The molecule has 26 heavy (non-hydrogen) atoms. The van der Waals surface area contributed by atoms with Gasteiger partial charge in [-0.3, -0.25) is 9.69 Å². The molecule has 0 atom stereocenters. The minimum Gasteiger partial charge on any atom is -0.497 e. The van der Waals surface area contributed by atoms with E-state index >= 15 is 0 Å². The Morgan fingerprint density at radius 2 is 1.96 bits per heavy atom. The van der Waals surface area contributed by atoms with Crippen molar-refractivity contribution in [2.75, 3.05) is 26.1 Å². The lowest BCUT2D eigenvalue weighted by Crippen LogP contribution is -2.34. The number of carbonyl (C=O) groups excluding carboxylic acids is 1. The van der Waals surface area contributed by atoms with Gasteiger partial charge in [0.1, 0.15) is 11.5 Å². The first kappa shape index (κ1) is 18.7. The van der Waals surface area contributed by atoms with Gasteiger partial charge in [0.25, 0.3) is 0 Å². The molecule has 2 aromatic rings. The van der Waals surface area contributed by atoms with Crippen LogP contribution in [0.5, 0.6) is 11.5 Å². The third-order valence-corrected chi connectivity index (χ3v) is 5.11. The van der Waals surface area contributed by atoms with Gasteiger partial charge in [-0.15, -0.1) is 0 Å². The van der Waals surface area contributed by atoms with Crippen molar-refractivity contribution in [1.29, 1.82) is 0 Å². The van der Waals surface area contributed by atoms with Crippen LogP contribution < -0.4 is 14.8 Å². The SMILES string of the molecule is COc1ccc(OC)c(CN(CC(=O)Nc2ccccc2Br)C2CC2)c1. The van der Waals surface area contributed by atoms with Crippen molar-refractivity contribution in [3.63, 3.8) is 0 Å². The van der Waals surface area contributed by atoms with Crippen LogP contribution in [0.3, 0.4) is 0 Å². The van der Waals surface area contributed by atoms with E-state index in [-0.39, 0.29) is 5.91 Å². The second kappa shape index (κ2) is 8.56. The van der Waals surface area contributed by atoms with Crippen molar-refractivity contribution in [2.45, 2.75) is 25.4 Å². The minimum absolute atomic E-state index is 0.0225. The number of para-hydroxylation sites is 1. The summed E-state index contributed by atoms with van der Waals surface area (Å²) in [6, 6.07) is 13.8. The molecule has 1 amide bonds. The van der Waals surface area contributed by atoms with Gasteiger partial charge < -0.3 is 14.8 Å². The molecule has 0 bridgehead atoms. The van der Waals surface area contributed by atoms with Gasteiger partial charge in [0.05, 0.1) is 26.5 Å². The maximum Gasteiger partial charge on any atom is 0.238 e. The van der Waals surface area contributed by atoms with Crippen molar-refractivity contribution in [3.8, 4) is 11.5 Å². The standard InChI is InChI=1S/C20H23BrN2O3/c1-25-16-9-10-19(26-2)14(11-16)12-23(15-7-8-15)13-20(24)22-18-6-4-3-5-17(18)21/h3-6,9-11,15H,7-8,12-13H2,1-2H3,(H,22,24). The average molecular weight is 419 g/mol.